The summed E-state index contributed by atoms with van der Waals surface area (Å²) in [6.45, 7) is 2.36. The molecule has 1 amide bonds. The Morgan fingerprint density at radius 1 is 1.04 bits per heavy atom. The van der Waals surface area contributed by atoms with Crippen molar-refractivity contribution < 1.29 is 19.1 Å². The number of unbranched alkanes of at least 4 members (excludes halogenated alkanes) is 1. The predicted octanol–water partition coefficient (Wildman–Crippen LogP) is 4.06. The first-order valence-electron chi connectivity index (χ1n) is 8.53. The fourth-order valence-electron chi connectivity index (χ4n) is 2.25. The summed E-state index contributed by atoms with van der Waals surface area (Å²) >= 11 is 0. The topological polar surface area (TPSA) is 64.6 Å². The van der Waals surface area contributed by atoms with Crippen molar-refractivity contribution in [3.05, 3.63) is 66.2 Å². The van der Waals surface area contributed by atoms with Gasteiger partial charge in [0, 0.05) is 11.8 Å². The summed E-state index contributed by atoms with van der Waals surface area (Å²) in [4.78, 5) is 24.8. The summed E-state index contributed by atoms with van der Waals surface area (Å²) in [6.07, 6.45) is 2.96. The molecule has 0 spiro atoms. The van der Waals surface area contributed by atoms with Crippen LogP contribution in [0.2, 0.25) is 0 Å². The number of nitrogens with one attached hydrogen (secondary N) is 1. The highest BCUT2D eigenvalue weighted by Crippen LogP contribution is 2.19. The van der Waals surface area contributed by atoms with Gasteiger partial charge in [-0.1, -0.05) is 43.7 Å². The van der Waals surface area contributed by atoms with Crippen LogP contribution in [0.4, 0.5) is 5.69 Å². The molecular weight excluding hydrogens is 330 g/mol. The number of benzene rings is 2. The van der Waals surface area contributed by atoms with E-state index in [2.05, 4.69) is 5.32 Å². The van der Waals surface area contributed by atoms with Crippen molar-refractivity contribution in [2.24, 2.45) is 0 Å². The van der Waals surface area contributed by atoms with Crippen LogP contribution in [-0.2, 0) is 14.3 Å². The van der Waals surface area contributed by atoms with E-state index >= 15 is 0 Å². The second-order valence-corrected chi connectivity index (χ2v) is 5.63. The zero-order valence-corrected chi connectivity index (χ0v) is 15.0. The number of methoxy groups -OCH3 is 1. The van der Waals surface area contributed by atoms with E-state index in [-0.39, 0.29) is 11.5 Å². The molecule has 0 aliphatic carbocycles. The Morgan fingerprint density at radius 2 is 1.73 bits per heavy atom. The van der Waals surface area contributed by atoms with Crippen LogP contribution < -0.4 is 10.1 Å². The second kappa shape index (κ2) is 10.0. The molecule has 0 atom stereocenters. The molecule has 0 aromatic heterocycles. The van der Waals surface area contributed by atoms with Gasteiger partial charge in [0.05, 0.1) is 19.3 Å². The Morgan fingerprint density at radius 3 is 2.35 bits per heavy atom. The van der Waals surface area contributed by atoms with E-state index in [4.69, 9.17) is 9.47 Å². The van der Waals surface area contributed by atoms with Gasteiger partial charge in [0.15, 0.2) is 0 Å². The van der Waals surface area contributed by atoms with Gasteiger partial charge in [-0.3, -0.25) is 4.79 Å². The molecule has 136 valence electrons. The van der Waals surface area contributed by atoms with Crippen molar-refractivity contribution in [2.45, 2.75) is 19.8 Å². The molecule has 0 aliphatic heterocycles. The molecule has 26 heavy (non-hydrogen) atoms. The van der Waals surface area contributed by atoms with E-state index in [0.29, 0.717) is 23.6 Å². The Bertz CT molecular complexity index is 751. The average molecular weight is 353 g/mol. The van der Waals surface area contributed by atoms with Crippen molar-refractivity contribution in [2.75, 3.05) is 19.0 Å². The Labute approximate surface area is 153 Å². The lowest BCUT2D eigenvalue weighted by molar-refractivity contribution is -0.137. The molecule has 2 aromatic carbocycles. The third-order valence-electron chi connectivity index (χ3n) is 3.68. The molecule has 0 saturated carbocycles. The first-order valence-corrected chi connectivity index (χ1v) is 8.53. The number of amides is 1. The van der Waals surface area contributed by atoms with Crippen LogP contribution in [-0.4, -0.2) is 25.6 Å². The molecule has 5 nitrogen and oxygen atoms in total. The molecule has 0 saturated heterocycles. The molecule has 2 rings (SSSR count). The molecular formula is C21H23NO4. The number of hydrogen-bond acceptors (Lipinski definition) is 4. The first-order chi connectivity index (χ1) is 12.6. The van der Waals surface area contributed by atoms with Crippen molar-refractivity contribution in [1.29, 1.82) is 0 Å². The molecule has 5 heteroatoms. The van der Waals surface area contributed by atoms with Gasteiger partial charge in [0.1, 0.15) is 5.75 Å². The quantitative estimate of drug-likeness (QED) is 0.441. The first kappa shape index (κ1) is 19.2. The van der Waals surface area contributed by atoms with Crippen LogP contribution in [0.1, 0.15) is 25.3 Å². The van der Waals surface area contributed by atoms with Crippen LogP contribution in [0.15, 0.2) is 60.7 Å². The van der Waals surface area contributed by atoms with Crippen molar-refractivity contribution in [3.63, 3.8) is 0 Å². The Kier molecular flexibility index (Phi) is 7.43. The fraction of sp³-hybridized carbons (Fsp3) is 0.238. The molecule has 0 fully saturated rings. The number of anilines is 1. The van der Waals surface area contributed by atoms with Gasteiger partial charge in [-0.25, -0.2) is 4.79 Å². The molecule has 2 aromatic rings. The van der Waals surface area contributed by atoms with E-state index < -0.39 is 5.97 Å². The minimum absolute atomic E-state index is 0.253. The van der Waals surface area contributed by atoms with Crippen molar-refractivity contribution in [3.8, 4) is 5.75 Å². The van der Waals surface area contributed by atoms with E-state index in [9.17, 15) is 9.59 Å². The summed E-state index contributed by atoms with van der Waals surface area (Å²) in [5.74, 6) is -0.211. The number of rotatable bonds is 8. The Balaban J connectivity index is 2.19. The minimum atomic E-state index is -0.526. The molecule has 0 bridgehead atoms. The highest BCUT2D eigenvalue weighted by atomic mass is 16.5. The zero-order valence-electron chi connectivity index (χ0n) is 15.0. The standard InChI is InChI=1S/C21H23NO4/c1-3-4-14-26-20(23)15-19(16-8-6-5-7-9-16)21(24)22-17-10-12-18(25-2)13-11-17/h5-13,15H,3-4,14H2,1-2H3,(H,22,24)/b19-15+. The van der Waals surface area contributed by atoms with Crippen LogP contribution in [0.5, 0.6) is 5.75 Å². The van der Waals surface area contributed by atoms with E-state index in [0.717, 1.165) is 12.8 Å². The lowest BCUT2D eigenvalue weighted by Gasteiger charge is -2.10. The predicted molar refractivity (Wildman–Crippen MR) is 102 cm³/mol. The van der Waals surface area contributed by atoms with Crippen LogP contribution >= 0.6 is 0 Å². The maximum absolute atomic E-state index is 12.7. The summed E-state index contributed by atoms with van der Waals surface area (Å²) in [5, 5.41) is 2.79. The summed E-state index contributed by atoms with van der Waals surface area (Å²) in [7, 11) is 1.58. The Hall–Kier alpha value is -3.08. The third-order valence-corrected chi connectivity index (χ3v) is 3.68. The molecule has 0 radical (unpaired) electrons. The lowest BCUT2D eigenvalue weighted by Crippen LogP contribution is -2.15. The van der Waals surface area contributed by atoms with Crippen LogP contribution in [0.25, 0.3) is 5.57 Å². The number of ether oxygens (including phenoxy) is 2. The normalized spacial score (nSPS) is 10.9. The molecule has 0 aliphatic rings. The van der Waals surface area contributed by atoms with Gasteiger partial charge in [0.25, 0.3) is 5.91 Å². The molecule has 0 unspecified atom stereocenters. The van der Waals surface area contributed by atoms with Gasteiger partial charge in [-0.15, -0.1) is 0 Å². The van der Waals surface area contributed by atoms with Gasteiger partial charge in [-0.05, 0) is 36.2 Å². The largest absolute Gasteiger partial charge is 0.497 e. The van der Waals surface area contributed by atoms with Gasteiger partial charge >= 0.3 is 5.97 Å². The summed E-state index contributed by atoms with van der Waals surface area (Å²) in [5.41, 5.74) is 1.51. The highest BCUT2D eigenvalue weighted by Gasteiger charge is 2.15. The molecule has 1 N–H and O–H groups in total. The monoisotopic (exact) mass is 353 g/mol. The number of carbonyl (C=O) groups is 2. The van der Waals surface area contributed by atoms with E-state index in [1.807, 2.05) is 25.1 Å². The zero-order chi connectivity index (χ0) is 18.8. The third kappa shape index (κ3) is 5.77. The SMILES string of the molecule is CCCCOC(=O)/C=C(/C(=O)Nc1ccc(OC)cc1)c1ccccc1. The van der Waals surface area contributed by atoms with E-state index in [1.165, 1.54) is 6.08 Å². The summed E-state index contributed by atoms with van der Waals surface area (Å²) < 4.78 is 10.3. The smallest absolute Gasteiger partial charge is 0.331 e. The summed E-state index contributed by atoms with van der Waals surface area (Å²) in [6, 6.07) is 16.0. The van der Waals surface area contributed by atoms with Crippen LogP contribution in [0.3, 0.4) is 0 Å². The van der Waals surface area contributed by atoms with Gasteiger partial charge in [0.2, 0.25) is 0 Å². The maximum atomic E-state index is 12.7. The highest BCUT2D eigenvalue weighted by molar-refractivity contribution is 6.28. The molecule has 0 heterocycles. The van der Waals surface area contributed by atoms with Crippen LogP contribution in [0, 0.1) is 0 Å². The van der Waals surface area contributed by atoms with Gasteiger partial charge < -0.3 is 14.8 Å². The average Bonchev–Trinajstić information content (AvgIpc) is 2.67. The van der Waals surface area contributed by atoms with E-state index in [1.54, 1.807) is 43.5 Å². The minimum Gasteiger partial charge on any atom is -0.497 e. The van der Waals surface area contributed by atoms with Crippen molar-refractivity contribution in [1.82, 2.24) is 0 Å². The second-order valence-electron chi connectivity index (χ2n) is 5.63. The number of carbonyl (C=O) groups excluding carboxylic acids is 2. The number of hydrogen-bond donors (Lipinski definition) is 1. The van der Waals surface area contributed by atoms with Gasteiger partial charge in [-0.2, -0.15) is 0 Å². The maximum Gasteiger partial charge on any atom is 0.331 e. The lowest BCUT2D eigenvalue weighted by atomic mass is 10.0. The van der Waals surface area contributed by atoms with Crippen molar-refractivity contribution >= 4 is 23.1 Å². The fourth-order valence-corrected chi connectivity index (χ4v) is 2.25. The number of esters is 1.